The number of aliphatic carboxylic acids is 2. The number of esters is 2. The molecule has 0 saturated heterocycles. The highest BCUT2D eigenvalue weighted by Crippen LogP contribution is 2.43. The van der Waals surface area contributed by atoms with Crippen molar-refractivity contribution >= 4 is 43.5 Å². The van der Waals surface area contributed by atoms with Crippen LogP contribution in [-0.4, -0.2) is 99.2 Å². The van der Waals surface area contributed by atoms with E-state index in [4.69, 9.17) is 35.7 Å². The molecule has 0 rings (SSSR count). The van der Waals surface area contributed by atoms with E-state index in [2.05, 4.69) is 67.0 Å². The van der Waals surface area contributed by atoms with Gasteiger partial charge in [0, 0.05) is 23.8 Å². The molecule has 0 fully saturated rings. The molecule has 66 heavy (non-hydrogen) atoms. The molecule has 0 amide bonds. The second-order valence-electron chi connectivity index (χ2n) is 15.7. The molecule has 15 nitrogen and oxygen atoms in total. The maximum Gasteiger partial charge on any atom is 0.472 e. The van der Waals surface area contributed by atoms with Gasteiger partial charge in [0.05, 0.1) is 19.3 Å². The van der Waals surface area contributed by atoms with E-state index in [1.807, 2.05) is 18.2 Å². The van der Waals surface area contributed by atoms with Crippen molar-refractivity contribution in [2.24, 2.45) is 11.5 Å². The van der Waals surface area contributed by atoms with Gasteiger partial charge in [-0.2, -0.15) is 0 Å². The van der Waals surface area contributed by atoms with E-state index < -0.39 is 81.1 Å². The van der Waals surface area contributed by atoms with E-state index >= 15 is 0 Å². The summed E-state index contributed by atoms with van der Waals surface area (Å²) in [5, 5.41) is 28.4. The van der Waals surface area contributed by atoms with E-state index in [1.54, 1.807) is 18.2 Å². The lowest BCUT2D eigenvalue weighted by atomic mass is 10.1. The second kappa shape index (κ2) is 42.7. The first-order valence-corrected chi connectivity index (χ1v) is 26.1. The summed E-state index contributed by atoms with van der Waals surface area (Å²) in [6.07, 6.45) is 42.6. The van der Waals surface area contributed by atoms with Crippen LogP contribution in [0.15, 0.2) is 85.1 Å². The Kier molecular flexibility index (Phi) is 40.4. The van der Waals surface area contributed by atoms with Gasteiger partial charge in [-0.05, 0) is 77.0 Å². The largest absolute Gasteiger partial charge is 0.481 e. The second-order valence-corrected chi connectivity index (χ2v) is 18.4. The van der Waals surface area contributed by atoms with Gasteiger partial charge in [-0.15, -0.1) is 11.8 Å². The highest BCUT2D eigenvalue weighted by molar-refractivity contribution is 8.00. The van der Waals surface area contributed by atoms with Crippen LogP contribution < -0.4 is 11.5 Å². The van der Waals surface area contributed by atoms with Gasteiger partial charge in [0.2, 0.25) is 0 Å². The number of carbonyl (C=O) groups is 4. The molecule has 8 N–H and O–H groups in total. The normalized spacial score (nSPS) is 15.7. The van der Waals surface area contributed by atoms with E-state index in [1.165, 1.54) is 50.3 Å². The van der Waals surface area contributed by atoms with Crippen LogP contribution in [0.1, 0.15) is 142 Å². The van der Waals surface area contributed by atoms with Crippen LogP contribution in [0, 0.1) is 0 Å². The number of phosphoric acid groups is 1. The zero-order valence-corrected chi connectivity index (χ0v) is 41.1. The topological polar surface area (TPSA) is 255 Å². The fourth-order valence-corrected chi connectivity index (χ4v) is 7.65. The number of ether oxygens (including phenoxy) is 2. The molecule has 0 bridgehead atoms. The highest BCUT2D eigenvalue weighted by atomic mass is 32.2. The number of rotatable bonds is 43. The number of carboxylic acids is 2. The maximum atomic E-state index is 13.0. The van der Waals surface area contributed by atoms with Crippen LogP contribution >= 0.6 is 19.6 Å². The Morgan fingerprint density at radius 3 is 1.77 bits per heavy atom. The number of hydrogen-bond donors (Lipinski definition) is 6. The Hall–Kier alpha value is -3.60. The molecule has 6 atom stereocenters. The Bertz CT molecular complexity index is 1570. The molecular weight excluding hydrogens is 888 g/mol. The molecule has 0 aliphatic carbocycles. The van der Waals surface area contributed by atoms with Crippen LogP contribution in [0.4, 0.5) is 0 Å². The summed E-state index contributed by atoms with van der Waals surface area (Å²) in [7, 11) is -4.87. The first-order valence-electron chi connectivity index (χ1n) is 23.6. The number of aliphatic hydroxyl groups excluding tert-OH is 1. The highest BCUT2D eigenvalue weighted by Gasteiger charge is 2.29. The zero-order chi connectivity index (χ0) is 49.1. The fourth-order valence-electron chi connectivity index (χ4n) is 5.75. The van der Waals surface area contributed by atoms with Crippen LogP contribution in [0.3, 0.4) is 0 Å². The van der Waals surface area contributed by atoms with Crippen molar-refractivity contribution < 1.29 is 62.5 Å². The van der Waals surface area contributed by atoms with Crippen molar-refractivity contribution in [3.05, 3.63) is 85.1 Å². The van der Waals surface area contributed by atoms with Crippen LogP contribution in [-0.2, 0) is 42.3 Å². The molecule has 0 aromatic heterocycles. The Morgan fingerprint density at radius 2 is 1.18 bits per heavy atom. The smallest absolute Gasteiger partial charge is 0.472 e. The first kappa shape index (κ1) is 62.4. The third-order valence-electron chi connectivity index (χ3n) is 9.61. The third kappa shape index (κ3) is 39.6. The standard InChI is InChI=1S/C49H81N2O13PS/c1-3-5-7-9-11-13-15-17-18-19-20-21-23-25-27-29-31-36-47(55)64-41(38-62-65(59,60)63-39-42(50)48(56)57)37-61-49(58)43(51)40-66-45(44(52)33-32-35-46(53)54)34-30-28-26-24-22-16-14-12-10-8-6-4-2/h11-14,17-18,20-22,24,26,28,30,34,41-45,52H,3-10,15-16,19,23,25,27,29,31-33,35-40,50-51H2,1-2H3,(H,53,54)(H,56,57)(H,59,60)/b13-11-,14-12-,18-17-,21-20-,24-22-,28-26+,34-30+/t41-,42+,43+,44+,45-/m1/s1. The Morgan fingerprint density at radius 1 is 0.636 bits per heavy atom. The number of phosphoric ester groups is 1. The number of carbonyl (C=O) groups excluding carboxylic acids is 2. The summed E-state index contributed by atoms with van der Waals surface area (Å²) in [5.41, 5.74) is 11.5. The summed E-state index contributed by atoms with van der Waals surface area (Å²) in [4.78, 5) is 57.9. The van der Waals surface area contributed by atoms with Gasteiger partial charge in [0.1, 0.15) is 18.7 Å². The fraction of sp³-hybridized carbons (Fsp3) is 0.633. The summed E-state index contributed by atoms with van der Waals surface area (Å²) in [5.74, 6) is -4.00. The zero-order valence-electron chi connectivity index (χ0n) is 39.4. The van der Waals surface area contributed by atoms with E-state index in [-0.39, 0.29) is 31.4 Å². The number of allylic oxidation sites excluding steroid dienone is 13. The molecule has 0 spiro atoms. The van der Waals surface area contributed by atoms with Gasteiger partial charge >= 0.3 is 31.7 Å². The lowest BCUT2D eigenvalue weighted by molar-refractivity contribution is -0.161. The summed E-state index contributed by atoms with van der Waals surface area (Å²) >= 11 is 1.17. The predicted octanol–water partition coefficient (Wildman–Crippen LogP) is 9.60. The molecule has 0 radical (unpaired) electrons. The van der Waals surface area contributed by atoms with Crippen molar-refractivity contribution in [3.8, 4) is 0 Å². The molecule has 0 aliphatic rings. The van der Waals surface area contributed by atoms with Gasteiger partial charge in [-0.3, -0.25) is 28.2 Å². The van der Waals surface area contributed by atoms with Gasteiger partial charge < -0.3 is 41.2 Å². The minimum absolute atomic E-state index is 0.00747. The number of unbranched alkanes of at least 4 members (excludes halogenated alkanes) is 10. The molecule has 1 unspecified atom stereocenters. The van der Waals surface area contributed by atoms with Crippen LogP contribution in [0.25, 0.3) is 0 Å². The number of aliphatic hydroxyl groups is 1. The SMILES string of the molecule is CCCCC/C=C\C\C=C/C=C/C=C/[C@@H](SC[C@H](N)C(=O)OC[C@H](COP(=O)(O)OC[C@H](N)C(=O)O)OC(=O)CCCCCC/C=C\C/C=C\C/C=C\CCCCC)[C@@H](O)CCCC(=O)O. The van der Waals surface area contributed by atoms with E-state index in [0.29, 0.717) is 6.42 Å². The lowest BCUT2D eigenvalue weighted by Crippen LogP contribution is -2.38. The molecule has 0 aliphatic heterocycles. The van der Waals surface area contributed by atoms with Gasteiger partial charge in [0.25, 0.3) is 0 Å². The number of hydrogen-bond acceptors (Lipinski definition) is 13. The lowest BCUT2D eigenvalue weighted by Gasteiger charge is -2.22. The summed E-state index contributed by atoms with van der Waals surface area (Å²) < 4.78 is 32.8. The van der Waals surface area contributed by atoms with Crippen molar-refractivity contribution in [3.63, 3.8) is 0 Å². The molecule has 0 aromatic carbocycles. The molecule has 0 aromatic rings. The minimum atomic E-state index is -4.87. The minimum Gasteiger partial charge on any atom is -0.481 e. The van der Waals surface area contributed by atoms with Crippen LogP contribution in [0.2, 0.25) is 0 Å². The average molecular weight is 969 g/mol. The monoisotopic (exact) mass is 969 g/mol. The van der Waals surface area contributed by atoms with Crippen molar-refractivity contribution in [2.45, 2.75) is 172 Å². The van der Waals surface area contributed by atoms with Crippen LogP contribution in [0.5, 0.6) is 0 Å². The van der Waals surface area contributed by atoms with Crippen molar-refractivity contribution in [2.75, 3.05) is 25.6 Å². The summed E-state index contributed by atoms with van der Waals surface area (Å²) in [6.45, 7) is 2.19. The van der Waals surface area contributed by atoms with Crippen molar-refractivity contribution in [1.29, 1.82) is 0 Å². The average Bonchev–Trinajstić information content (AvgIpc) is 3.28. The summed E-state index contributed by atoms with van der Waals surface area (Å²) in [6, 6.07) is -2.80. The molecule has 0 heterocycles. The molecule has 0 saturated carbocycles. The Balaban J connectivity index is 5.25. The molecule has 17 heteroatoms. The van der Waals surface area contributed by atoms with Gasteiger partial charge in [0.15, 0.2) is 6.10 Å². The maximum absolute atomic E-state index is 13.0. The predicted molar refractivity (Wildman–Crippen MR) is 264 cm³/mol. The third-order valence-corrected chi connectivity index (χ3v) is 12.0. The molecular formula is C49H81N2O13PS. The first-order chi connectivity index (χ1) is 31.7. The number of nitrogens with two attached hydrogens (primary N) is 2. The quantitative estimate of drug-likeness (QED) is 0.0109. The van der Waals surface area contributed by atoms with Gasteiger partial charge in [-0.1, -0.05) is 137 Å². The van der Waals surface area contributed by atoms with Crippen molar-refractivity contribution in [1.82, 2.24) is 0 Å². The number of thioether (sulfide) groups is 1. The van der Waals surface area contributed by atoms with E-state index in [0.717, 1.165) is 57.8 Å². The molecule has 376 valence electrons. The van der Waals surface area contributed by atoms with E-state index in [9.17, 15) is 33.7 Å². The number of carboxylic acid groups (broad SMARTS) is 2. The Labute approximate surface area is 398 Å². The van der Waals surface area contributed by atoms with Gasteiger partial charge in [-0.25, -0.2) is 4.57 Å².